The zero-order valence-electron chi connectivity index (χ0n) is 12.9. The van der Waals surface area contributed by atoms with Crippen LogP contribution in [-0.4, -0.2) is 4.98 Å². The van der Waals surface area contributed by atoms with Crippen molar-refractivity contribution in [3.8, 4) is 11.3 Å². The summed E-state index contributed by atoms with van der Waals surface area (Å²) < 4.78 is 8.03. The third-order valence-corrected chi connectivity index (χ3v) is 4.15. The molecule has 0 saturated heterocycles. The highest BCUT2D eigenvalue weighted by atomic mass is 16.3. The number of fused-ring (bicyclic) bond motifs is 3. The Morgan fingerprint density at radius 2 is 1.91 bits per heavy atom. The Labute approximate surface area is 128 Å². The number of aromatic nitrogens is 2. The van der Waals surface area contributed by atoms with E-state index in [1.807, 2.05) is 6.07 Å². The lowest BCUT2D eigenvalue weighted by Gasteiger charge is -2.05. The highest BCUT2D eigenvalue weighted by Crippen LogP contribution is 2.32. The molecule has 3 nitrogen and oxygen atoms in total. The van der Waals surface area contributed by atoms with Crippen molar-refractivity contribution in [2.24, 2.45) is 7.05 Å². The second-order valence-electron chi connectivity index (χ2n) is 5.82. The maximum atomic E-state index is 5.86. The molecule has 4 aromatic rings. The van der Waals surface area contributed by atoms with Crippen LogP contribution in [0.2, 0.25) is 0 Å². The molecule has 0 aliphatic carbocycles. The first-order valence-electron chi connectivity index (χ1n) is 7.38. The summed E-state index contributed by atoms with van der Waals surface area (Å²) in [6, 6.07) is 12.6. The van der Waals surface area contributed by atoms with Crippen molar-refractivity contribution in [3.63, 3.8) is 0 Å². The van der Waals surface area contributed by atoms with E-state index in [9.17, 15) is 0 Å². The maximum absolute atomic E-state index is 5.86. The molecule has 1 aromatic carbocycles. The smallest absolute Gasteiger partial charge is 0.227 e. The molecule has 0 saturated carbocycles. The van der Waals surface area contributed by atoms with Crippen molar-refractivity contribution in [2.75, 3.05) is 0 Å². The van der Waals surface area contributed by atoms with Crippen molar-refractivity contribution in [3.05, 3.63) is 59.9 Å². The topological polar surface area (TPSA) is 29.9 Å². The van der Waals surface area contributed by atoms with E-state index in [0.29, 0.717) is 5.71 Å². The van der Waals surface area contributed by atoms with Crippen LogP contribution in [0.4, 0.5) is 0 Å². The summed E-state index contributed by atoms with van der Waals surface area (Å²) in [5, 5.41) is 2.18. The predicted octanol–water partition coefficient (Wildman–Crippen LogP) is 4.09. The Hall–Kier alpha value is -2.68. The summed E-state index contributed by atoms with van der Waals surface area (Å²) in [4.78, 5) is 4.31. The summed E-state index contributed by atoms with van der Waals surface area (Å²) in [5.74, 6) is 0. The monoisotopic (exact) mass is 289 g/mol. The van der Waals surface area contributed by atoms with Gasteiger partial charge in [-0.15, -0.1) is 0 Å². The Kier molecular flexibility index (Phi) is 2.76. The van der Waals surface area contributed by atoms with Crippen LogP contribution in [0.25, 0.3) is 33.3 Å². The number of rotatable bonds is 1. The lowest BCUT2D eigenvalue weighted by Crippen LogP contribution is -2.31. The first kappa shape index (κ1) is 13.0. The molecule has 3 heteroatoms. The molecule has 0 atom stereocenters. The fourth-order valence-electron chi connectivity index (χ4n) is 3.06. The van der Waals surface area contributed by atoms with Gasteiger partial charge in [0.2, 0.25) is 11.4 Å². The molecule has 0 bridgehead atoms. The van der Waals surface area contributed by atoms with Gasteiger partial charge in [-0.2, -0.15) is 0 Å². The number of aryl methyl sites for hydroxylation is 3. The van der Waals surface area contributed by atoms with Crippen molar-refractivity contribution in [1.82, 2.24) is 4.98 Å². The van der Waals surface area contributed by atoms with E-state index in [-0.39, 0.29) is 0 Å². The molecule has 0 aliphatic rings. The predicted molar refractivity (Wildman–Crippen MR) is 87.6 cm³/mol. The van der Waals surface area contributed by atoms with Crippen LogP contribution in [0.15, 0.2) is 53.2 Å². The Balaban J connectivity index is 2.05. The van der Waals surface area contributed by atoms with Crippen LogP contribution in [0.3, 0.4) is 0 Å². The van der Waals surface area contributed by atoms with E-state index in [0.717, 1.165) is 16.4 Å². The van der Waals surface area contributed by atoms with Gasteiger partial charge in [-0.1, -0.05) is 0 Å². The summed E-state index contributed by atoms with van der Waals surface area (Å²) in [5.41, 5.74) is 6.46. The number of hydrogen-bond acceptors (Lipinski definition) is 2. The average molecular weight is 289 g/mol. The lowest BCUT2D eigenvalue weighted by molar-refractivity contribution is -0.660. The van der Waals surface area contributed by atoms with Gasteiger partial charge >= 0.3 is 0 Å². The van der Waals surface area contributed by atoms with E-state index in [4.69, 9.17) is 4.42 Å². The van der Waals surface area contributed by atoms with Crippen molar-refractivity contribution >= 4 is 22.1 Å². The molecule has 4 rings (SSSR count). The number of furan rings is 1. The number of nitrogens with zero attached hydrogens (tertiary/aromatic N) is 2. The van der Waals surface area contributed by atoms with Crippen LogP contribution in [0, 0.1) is 13.8 Å². The number of pyridine rings is 2. The van der Waals surface area contributed by atoms with Gasteiger partial charge in [0.15, 0.2) is 6.20 Å². The van der Waals surface area contributed by atoms with E-state index < -0.39 is 0 Å². The minimum absolute atomic E-state index is 0.697. The van der Waals surface area contributed by atoms with Crippen molar-refractivity contribution < 1.29 is 8.98 Å². The van der Waals surface area contributed by atoms with Gasteiger partial charge in [0.25, 0.3) is 0 Å². The van der Waals surface area contributed by atoms with E-state index >= 15 is 0 Å². The average Bonchev–Trinajstić information content (AvgIpc) is 2.84. The van der Waals surface area contributed by atoms with Gasteiger partial charge in [0, 0.05) is 34.2 Å². The van der Waals surface area contributed by atoms with Gasteiger partial charge in [-0.3, -0.25) is 0 Å². The molecule has 0 N–H and O–H groups in total. The molecule has 0 amide bonds. The summed E-state index contributed by atoms with van der Waals surface area (Å²) in [7, 11) is 2.08. The highest BCUT2D eigenvalue weighted by molar-refractivity contribution is 6.05. The Morgan fingerprint density at radius 3 is 2.73 bits per heavy atom. The molecular weight excluding hydrogens is 272 g/mol. The summed E-state index contributed by atoms with van der Waals surface area (Å²) in [6.45, 7) is 4.23. The molecule has 0 fully saturated rings. The van der Waals surface area contributed by atoms with E-state index in [1.165, 1.54) is 22.4 Å². The van der Waals surface area contributed by atoms with Crippen LogP contribution in [-0.2, 0) is 7.05 Å². The van der Waals surface area contributed by atoms with Gasteiger partial charge in [-0.05, 0) is 49.7 Å². The van der Waals surface area contributed by atoms with Crippen LogP contribution in [0.1, 0.15) is 11.1 Å². The summed E-state index contributed by atoms with van der Waals surface area (Å²) >= 11 is 0. The molecule has 0 radical (unpaired) electrons. The van der Waals surface area contributed by atoms with Crippen molar-refractivity contribution in [2.45, 2.75) is 13.8 Å². The third kappa shape index (κ3) is 1.90. The van der Waals surface area contributed by atoms with Gasteiger partial charge in [-0.25, -0.2) is 9.55 Å². The first-order valence-corrected chi connectivity index (χ1v) is 7.38. The normalized spacial score (nSPS) is 11.4. The Morgan fingerprint density at radius 1 is 1.05 bits per heavy atom. The largest absolute Gasteiger partial charge is 0.438 e. The maximum Gasteiger partial charge on any atom is 0.227 e. The third-order valence-electron chi connectivity index (χ3n) is 4.15. The highest BCUT2D eigenvalue weighted by Gasteiger charge is 2.16. The minimum Gasteiger partial charge on any atom is -0.438 e. The molecular formula is C19H17N2O+. The van der Waals surface area contributed by atoms with Gasteiger partial charge in [0.05, 0.1) is 0 Å². The number of benzene rings is 1. The first-order chi connectivity index (χ1) is 10.6. The van der Waals surface area contributed by atoms with Gasteiger partial charge in [0.1, 0.15) is 12.6 Å². The zero-order chi connectivity index (χ0) is 15.3. The van der Waals surface area contributed by atoms with E-state index in [1.54, 1.807) is 6.20 Å². The zero-order valence-corrected chi connectivity index (χ0v) is 12.9. The quantitative estimate of drug-likeness (QED) is 0.494. The fourth-order valence-corrected chi connectivity index (χ4v) is 3.06. The van der Waals surface area contributed by atoms with Crippen LogP contribution >= 0.6 is 0 Å². The molecule has 108 valence electrons. The molecule has 3 heterocycles. The fraction of sp³-hybridized carbons (Fsp3) is 0.158. The number of hydrogen-bond donors (Lipinski definition) is 0. The van der Waals surface area contributed by atoms with Crippen LogP contribution in [0.5, 0.6) is 0 Å². The molecule has 0 spiro atoms. The lowest BCUT2D eigenvalue weighted by atomic mass is 10.0. The minimum atomic E-state index is 0.697. The standard InChI is InChI=1S/C19H17N2O/c1-12-6-7-17(21(3)11-12)15-10-16-14-5-4-8-20-19(14)22-18(16)9-13(15)2/h4-11H,1-3H3/q+1. The van der Waals surface area contributed by atoms with Crippen LogP contribution < -0.4 is 4.57 Å². The Bertz CT molecular complexity index is 1010. The SMILES string of the molecule is Cc1ccc(-c2cc3c(cc2C)oc2ncccc23)[n+](C)c1. The second kappa shape index (κ2) is 4.67. The van der Waals surface area contributed by atoms with E-state index in [2.05, 4.69) is 67.0 Å². The molecule has 0 unspecified atom stereocenters. The molecule has 22 heavy (non-hydrogen) atoms. The van der Waals surface area contributed by atoms with Gasteiger partial charge < -0.3 is 4.42 Å². The van der Waals surface area contributed by atoms with Crippen molar-refractivity contribution in [1.29, 1.82) is 0 Å². The summed E-state index contributed by atoms with van der Waals surface area (Å²) in [6.07, 6.45) is 3.91. The second-order valence-corrected chi connectivity index (χ2v) is 5.82. The molecule has 3 aromatic heterocycles. The molecule has 0 aliphatic heterocycles.